The Bertz CT molecular complexity index is 5780. The van der Waals surface area contributed by atoms with Gasteiger partial charge in [0.05, 0.1) is 43.3 Å². The van der Waals surface area contributed by atoms with Gasteiger partial charge in [-0.2, -0.15) is 0 Å². The average Bonchev–Trinajstić information content (AvgIpc) is 1.59. The van der Waals surface area contributed by atoms with E-state index in [1.165, 1.54) is 54.1 Å². The number of hydrogen-bond donors (Lipinski definition) is 5. The van der Waals surface area contributed by atoms with Crippen LogP contribution in [0.25, 0.3) is 6.08 Å². The van der Waals surface area contributed by atoms with Gasteiger partial charge in [0.2, 0.25) is 40.1 Å². The predicted octanol–water partition coefficient (Wildman–Crippen LogP) is 12.1. The van der Waals surface area contributed by atoms with Gasteiger partial charge >= 0.3 is 0 Å². The summed E-state index contributed by atoms with van der Waals surface area (Å²) in [5, 5.41) is 1.59. The van der Waals surface area contributed by atoms with Crippen molar-refractivity contribution in [2.24, 2.45) is 0 Å². The lowest BCUT2D eigenvalue weighted by molar-refractivity contribution is 0.0968. The normalized spacial score (nSPS) is 17.0. The number of piperazine rings is 4. The molecule has 28 nitrogen and oxygen atoms in total. The summed E-state index contributed by atoms with van der Waals surface area (Å²) in [5.74, 6) is -2.65. The van der Waals surface area contributed by atoms with Crippen molar-refractivity contribution in [2.75, 3.05) is 124 Å². The Kier molecular flexibility index (Phi) is 34.8. The molecule has 8 heterocycles. The lowest BCUT2D eigenvalue weighted by atomic mass is 10.00. The second-order valence-corrected chi connectivity index (χ2v) is 42.8. The third kappa shape index (κ3) is 27.7. The quantitative estimate of drug-likeness (QED) is 0.0262. The van der Waals surface area contributed by atoms with E-state index in [0.717, 1.165) is 156 Å². The third-order valence-corrected chi connectivity index (χ3v) is 32.0. The van der Waals surface area contributed by atoms with E-state index in [1.54, 1.807) is 6.08 Å². The average molecular weight is 2060 g/mol. The summed E-state index contributed by atoms with van der Waals surface area (Å²) in [6.45, 7) is 29.4. The van der Waals surface area contributed by atoms with Gasteiger partial charge in [0, 0.05) is 163 Å². The van der Waals surface area contributed by atoms with Gasteiger partial charge in [-0.05, 0) is 214 Å². The number of pyridine rings is 4. The highest BCUT2D eigenvalue weighted by Crippen LogP contribution is 2.34. The molecule has 0 atom stereocenters. The maximum atomic E-state index is 14.8. The van der Waals surface area contributed by atoms with Gasteiger partial charge in [0.25, 0.3) is 23.6 Å². The molecule has 690 valence electrons. The van der Waals surface area contributed by atoms with E-state index in [4.69, 9.17) is 0 Å². The summed E-state index contributed by atoms with van der Waals surface area (Å²) in [4.78, 5) is 82.4. The minimum absolute atomic E-state index is 0. The molecule has 0 spiro atoms. The number of carbonyl (C=O) groups is 4. The van der Waals surface area contributed by atoms with Crippen molar-refractivity contribution >= 4 is 153 Å². The number of alkyl halides is 1. The Balaban J connectivity index is 0.000000159. The molecule has 8 aliphatic rings. The number of anilines is 4. The molecule has 4 aromatic heterocycles. The number of aryl methyl sites for hydroxylation is 5. The lowest BCUT2D eigenvalue weighted by Crippen LogP contribution is -2.46. The fraction of sp³-hybridized carbons (Fsp3) is 0.432. The van der Waals surface area contributed by atoms with Crippen LogP contribution < -0.4 is 43.8 Å². The van der Waals surface area contributed by atoms with Crippen LogP contribution in [0, 0.1) is 51.0 Å². The van der Waals surface area contributed by atoms with E-state index in [9.17, 15) is 70.4 Å². The topological polar surface area (TPSA) is 339 Å². The number of sulfonamides is 4. The van der Waals surface area contributed by atoms with Crippen molar-refractivity contribution in [2.45, 2.75) is 138 Å². The number of aromatic nitrogens is 4. The number of nitrogens with zero attached hydrogens (tertiary/aromatic N) is 11. The van der Waals surface area contributed by atoms with Crippen molar-refractivity contribution in [3.63, 3.8) is 0 Å². The molecule has 4 aromatic carbocycles. The molecule has 40 heteroatoms. The minimum atomic E-state index is -3.74. The fourth-order valence-corrected chi connectivity index (χ4v) is 21.3. The first-order valence-electron chi connectivity index (χ1n) is 42.1. The fourth-order valence-electron chi connectivity index (χ4n) is 14.4. The number of halogens is 8. The first-order valence-corrected chi connectivity index (χ1v) is 51.0. The molecular weight excluding hydrogens is 1950 g/mol. The summed E-state index contributed by atoms with van der Waals surface area (Å²) in [6.07, 6.45) is 14.0. The molecule has 5 N–H and O–H groups in total. The van der Waals surface area contributed by atoms with Gasteiger partial charge in [-0.15, -0.1) is 12.4 Å². The van der Waals surface area contributed by atoms with E-state index < -0.39 is 108 Å². The number of benzene rings is 4. The molecule has 4 amide bonds. The largest absolute Gasteiger partial charge is 0.354 e. The smallest absolute Gasteiger partial charge is 0.267 e. The van der Waals surface area contributed by atoms with Crippen LogP contribution in [0.3, 0.4) is 0 Å². The number of amides is 4. The molecule has 4 saturated heterocycles. The highest BCUT2D eigenvalue weighted by Gasteiger charge is 2.41. The molecule has 0 radical (unpaired) electrons. The Hall–Kier alpha value is -8.61. The van der Waals surface area contributed by atoms with Gasteiger partial charge in [0.1, 0.15) is 46.5 Å². The van der Waals surface area contributed by atoms with Gasteiger partial charge in [-0.25, -0.2) is 90.1 Å². The molecule has 4 aliphatic heterocycles. The molecular formula is C88H106Br3ClF4N16O12S4. The van der Waals surface area contributed by atoms with E-state index in [1.807, 2.05) is 102 Å². The van der Waals surface area contributed by atoms with Gasteiger partial charge < -0.3 is 24.9 Å². The van der Waals surface area contributed by atoms with Crippen molar-refractivity contribution in [3.05, 3.63) is 239 Å². The van der Waals surface area contributed by atoms with E-state index in [2.05, 4.69) is 139 Å². The monoisotopic (exact) mass is 2050 g/mol. The summed E-state index contributed by atoms with van der Waals surface area (Å²) in [6, 6.07) is 27.1. The lowest BCUT2D eigenvalue weighted by Gasteiger charge is -2.35. The molecule has 4 saturated carbocycles. The molecule has 8 aromatic rings. The predicted molar refractivity (Wildman–Crippen MR) is 501 cm³/mol. The summed E-state index contributed by atoms with van der Waals surface area (Å²) in [5.41, 5.74) is 7.86. The van der Waals surface area contributed by atoms with Crippen LogP contribution in [-0.2, 0) is 71.5 Å². The van der Waals surface area contributed by atoms with Crippen LogP contribution >= 0.6 is 60.2 Å². The van der Waals surface area contributed by atoms with E-state index in [0.29, 0.717) is 114 Å². The first-order chi connectivity index (χ1) is 60.5. The summed E-state index contributed by atoms with van der Waals surface area (Å²) >= 11 is 9.80. The Morgan fingerprint density at radius 1 is 0.398 bits per heavy atom. The zero-order valence-corrected chi connectivity index (χ0v) is 80.5. The standard InChI is InChI=1S/C23H29FN4O3S.C23H27FN4O3S.C21H24BrFN4O3S.C11H10Br2FNO3S.C10H15N3.ClH/c2*1-3-17-12-20(23(29)26-32(30,31)19-5-6-19)21(24)13-18(17)15-27-8-10-28(11-9-27)22-7-4-16(2)14-25-22;1-14-2-5-20(24-12-14)27-8-6-26(7-9-27)13-15-10-19(23)17(11-18(15)22)21(28)25-31(29,30)16-3-4-16;12-5-6-3-10(14)8(4-9(6)13)11(16)15-19(17,18)7-1-2-7;1-9-2-3-10(12-8-9)13-6-4-11-5-7-13;/h4,7,12-14,19H,3,5-6,8-11,15H2,1-2H3,(H,26,29);3-4,7,12-14,19H,1,5-6,8-11,15H2,2H3,(H,26,29);2,5,10-12,16H,3-4,6-9,13H2,1H3,(H,25,28);3-4,7H,1-2,5H2,(H,15,16);2-3,8,11H,4-7H2,1H3;1H. The highest BCUT2D eigenvalue weighted by molar-refractivity contribution is 9.11. The van der Waals surface area contributed by atoms with Gasteiger partial charge in [-0.1, -0.05) is 91.6 Å². The van der Waals surface area contributed by atoms with Crippen LogP contribution in [-0.4, -0.2) is 218 Å². The molecule has 16 rings (SSSR count). The molecule has 4 aliphatic carbocycles. The number of carbonyl (C=O) groups excluding carboxylic acids is 4. The number of rotatable bonds is 25. The van der Waals surface area contributed by atoms with Crippen molar-refractivity contribution in [3.8, 4) is 0 Å². The van der Waals surface area contributed by atoms with Crippen LogP contribution in [0.2, 0.25) is 0 Å². The Morgan fingerprint density at radius 2 is 0.672 bits per heavy atom. The van der Waals surface area contributed by atoms with Crippen LogP contribution in [0.5, 0.6) is 0 Å². The Labute approximate surface area is 777 Å². The second kappa shape index (κ2) is 44.5. The van der Waals surface area contributed by atoms with Gasteiger partial charge in [0.15, 0.2) is 0 Å². The zero-order chi connectivity index (χ0) is 91.2. The number of nitrogens with one attached hydrogen (secondary N) is 5. The number of hydrogen-bond acceptors (Lipinski definition) is 24. The minimum Gasteiger partial charge on any atom is -0.354 e. The van der Waals surface area contributed by atoms with Crippen LogP contribution in [0.4, 0.5) is 40.8 Å². The van der Waals surface area contributed by atoms with E-state index >= 15 is 0 Å². The SMILES string of the molecule is C=Cc1cc(C(=O)NS(=O)(=O)C2CC2)c(F)cc1CN1CCN(c2ccc(C)cn2)CC1.CCc1cc(C(=O)NS(=O)(=O)C2CC2)c(F)cc1CN1CCN(c2ccc(C)cn2)CC1.Cc1ccc(N2CCN(Cc3cc(F)c(C(=O)NS(=O)(=O)C4CC4)cc3Br)CC2)nc1.Cc1ccc(N2CCNCC2)nc1.Cl.O=C(NS(=O)(=O)C1CC1)c1cc(Br)c(CBr)cc1F. The van der Waals surface area contributed by atoms with Crippen LogP contribution in [0.15, 0.2) is 137 Å². The maximum absolute atomic E-state index is 14.8. The molecule has 0 unspecified atom stereocenters. The Morgan fingerprint density at radius 3 is 0.969 bits per heavy atom. The maximum Gasteiger partial charge on any atom is 0.267 e. The summed E-state index contributed by atoms with van der Waals surface area (Å²) < 4.78 is 162. The molecule has 8 fully saturated rings. The summed E-state index contributed by atoms with van der Waals surface area (Å²) in [7, 11) is -14.9. The first kappa shape index (κ1) is 100.0. The third-order valence-electron chi connectivity index (χ3n) is 22.6. The van der Waals surface area contributed by atoms with Crippen molar-refractivity contribution < 1.29 is 70.4 Å². The highest BCUT2D eigenvalue weighted by atomic mass is 79.9. The van der Waals surface area contributed by atoms with E-state index in [-0.39, 0.29) is 34.7 Å². The van der Waals surface area contributed by atoms with Gasteiger partial charge in [-0.3, -0.25) is 33.9 Å². The molecule has 0 bridgehead atoms. The van der Waals surface area contributed by atoms with Crippen molar-refractivity contribution in [1.29, 1.82) is 0 Å². The second-order valence-electron chi connectivity index (χ2n) is 32.7. The van der Waals surface area contributed by atoms with Crippen molar-refractivity contribution in [1.82, 2.24) is 58.8 Å². The molecule has 128 heavy (non-hydrogen) atoms. The van der Waals surface area contributed by atoms with Crippen LogP contribution in [0.1, 0.15) is 155 Å². The zero-order valence-electron chi connectivity index (χ0n) is 71.7.